The van der Waals surface area contributed by atoms with Crippen molar-refractivity contribution in [1.82, 2.24) is 30.2 Å². The fourth-order valence-electron chi connectivity index (χ4n) is 5.70. The van der Waals surface area contributed by atoms with Gasteiger partial charge in [-0.25, -0.2) is 19.2 Å². The zero-order valence-corrected chi connectivity index (χ0v) is 31.2. The van der Waals surface area contributed by atoms with Crippen LogP contribution < -0.4 is 22.1 Å². The molecule has 0 saturated carbocycles. The van der Waals surface area contributed by atoms with Crippen molar-refractivity contribution in [3.63, 3.8) is 0 Å². The second-order valence-electron chi connectivity index (χ2n) is 13.1. The fourth-order valence-corrected chi connectivity index (χ4v) is 5.70. The fraction of sp³-hybridized carbons (Fsp3) is 0.500. The van der Waals surface area contributed by atoms with Crippen LogP contribution in [0.25, 0.3) is 0 Å². The molecule has 2 aromatic rings. The third-order valence-electron chi connectivity index (χ3n) is 9.14. The molecule has 0 aromatic heterocycles. The summed E-state index contributed by atoms with van der Waals surface area (Å²) in [5.74, 6) is 11.8. The quantitative estimate of drug-likeness (QED) is 0.168. The Kier molecular flexibility index (Phi) is 17.8. The highest BCUT2D eigenvalue weighted by molar-refractivity contribution is 5.75. The van der Waals surface area contributed by atoms with Crippen molar-refractivity contribution in [1.29, 1.82) is 0 Å². The highest BCUT2D eigenvalue weighted by Crippen LogP contribution is 2.09. The van der Waals surface area contributed by atoms with E-state index in [1.54, 1.807) is 19.6 Å². The van der Waals surface area contributed by atoms with E-state index in [1.165, 1.54) is 0 Å². The first kappa shape index (κ1) is 41.3. The summed E-state index contributed by atoms with van der Waals surface area (Å²) in [5.41, 5.74) is 15.3. The summed E-state index contributed by atoms with van der Waals surface area (Å²) >= 11 is 0. The number of amides is 6. The number of carbonyl (C=O) groups excluding carboxylic acids is 4. The molecular weight excluding hydrogens is 688 g/mol. The van der Waals surface area contributed by atoms with Gasteiger partial charge in [0.05, 0.1) is 13.2 Å². The molecule has 2 heterocycles. The highest BCUT2D eigenvalue weighted by atomic mass is 16.6. The Hall–Kier alpha value is -5.44. The number of unbranched alkanes of at least 4 members (excludes halogenated alkanes) is 4. The average Bonchev–Trinajstić information content (AvgIpc) is 3.22. The molecule has 0 aliphatic carbocycles. The molecule has 4 rings (SSSR count). The smallest absolute Gasteiger partial charge is 0.409 e. The Morgan fingerprint density at radius 1 is 0.519 bits per heavy atom. The van der Waals surface area contributed by atoms with E-state index in [-0.39, 0.29) is 24.2 Å². The second kappa shape index (κ2) is 23.3. The number of piperazine rings is 2. The van der Waals surface area contributed by atoms with Crippen LogP contribution in [0, 0.1) is 23.7 Å². The minimum absolute atomic E-state index is 0.149. The molecule has 0 unspecified atom stereocenters. The Morgan fingerprint density at radius 3 is 1.20 bits per heavy atom. The number of benzene rings is 2. The van der Waals surface area contributed by atoms with E-state index in [4.69, 9.17) is 20.9 Å². The van der Waals surface area contributed by atoms with Gasteiger partial charge in [0.15, 0.2) is 0 Å². The molecule has 0 bridgehead atoms. The highest BCUT2D eigenvalue weighted by Gasteiger charge is 2.26. The first-order chi connectivity index (χ1) is 26.4. The number of nitrogens with two attached hydrogens (primary N) is 2. The summed E-state index contributed by atoms with van der Waals surface area (Å²) in [5, 5.41) is 5.86. The Balaban J connectivity index is 0.943. The molecule has 14 nitrogen and oxygen atoms in total. The molecule has 2 aliphatic heterocycles. The minimum atomic E-state index is -0.358. The third-order valence-corrected chi connectivity index (χ3v) is 9.14. The Bertz CT molecular complexity index is 1490. The van der Waals surface area contributed by atoms with Gasteiger partial charge in [-0.2, -0.15) is 0 Å². The lowest BCUT2D eigenvalue weighted by atomic mass is 10.1. The molecule has 0 spiro atoms. The number of nitrogens with zero attached hydrogens (tertiary/aromatic N) is 4. The Labute approximate surface area is 318 Å². The van der Waals surface area contributed by atoms with Crippen LogP contribution in [0.5, 0.6) is 0 Å². The van der Waals surface area contributed by atoms with E-state index in [0.29, 0.717) is 117 Å². The van der Waals surface area contributed by atoms with Gasteiger partial charge < -0.3 is 51.2 Å². The van der Waals surface area contributed by atoms with Crippen molar-refractivity contribution in [2.45, 2.75) is 64.7 Å². The van der Waals surface area contributed by atoms with Gasteiger partial charge in [0, 0.05) is 91.4 Å². The van der Waals surface area contributed by atoms with Crippen molar-refractivity contribution in [3.8, 4) is 23.7 Å². The van der Waals surface area contributed by atoms with E-state index in [2.05, 4.69) is 34.3 Å². The molecule has 54 heavy (non-hydrogen) atoms. The minimum Gasteiger partial charge on any atom is -0.449 e. The second-order valence-corrected chi connectivity index (χ2v) is 13.1. The van der Waals surface area contributed by atoms with Crippen molar-refractivity contribution in [3.05, 3.63) is 70.8 Å². The zero-order valence-electron chi connectivity index (χ0n) is 31.2. The molecular formula is C40H54N8O6. The van der Waals surface area contributed by atoms with Gasteiger partial charge >= 0.3 is 24.2 Å². The number of rotatable bonds is 14. The van der Waals surface area contributed by atoms with Crippen LogP contribution in [-0.2, 0) is 35.7 Å². The van der Waals surface area contributed by atoms with Gasteiger partial charge in [-0.3, -0.25) is 0 Å². The van der Waals surface area contributed by atoms with E-state index in [0.717, 1.165) is 35.1 Å². The first-order valence-corrected chi connectivity index (χ1v) is 18.8. The molecule has 290 valence electrons. The van der Waals surface area contributed by atoms with Gasteiger partial charge in [0.2, 0.25) is 0 Å². The molecule has 6 amide bonds. The number of hydrogen-bond acceptors (Lipinski definition) is 8. The Morgan fingerprint density at radius 2 is 0.852 bits per heavy atom. The van der Waals surface area contributed by atoms with Crippen LogP contribution in [0.4, 0.5) is 19.2 Å². The van der Waals surface area contributed by atoms with E-state index in [9.17, 15) is 19.2 Å². The molecule has 2 fully saturated rings. The van der Waals surface area contributed by atoms with Crippen LogP contribution >= 0.6 is 0 Å². The summed E-state index contributed by atoms with van der Waals surface area (Å²) in [6.07, 6.45) is 3.61. The van der Waals surface area contributed by atoms with Gasteiger partial charge in [-0.1, -0.05) is 60.4 Å². The lowest BCUT2D eigenvalue weighted by molar-refractivity contribution is 0.0803. The lowest BCUT2D eigenvalue weighted by Crippen LogP contribution is -2.53. The van der Waals surface area contributed by atoms with Crippen LogP contribution in [0.1, 0.15) is 60.8 Å². The van der Waals surface area contributed by atoms with Crippen LogP contribution in [0.15, 0.2) is 48.5 Å². The van der Waals surface area contributed by atoms with Gasteiger partial charge in [0.1, 0.15) is 0 Å². The van der Waals surface area contributed by atoms with Crippen LogP contribution in [-0.4, -0.2) is 109 Å². The molecule has 2 aliphatic rings. The average molecular weight is 743 g/mol. The predicted octanol–water partition coefficient (Wildman–Crippen LogP) is 3.58. The van der Waals surface area contributed by atoms with Crippen LogP contribution in [0.3, 0.4) is 0 Å². The number of nitrogens with one attached hydrogen (secondary N) is 2. The number of urea groups is 2. The lowest BCUT2D eigenvalue weighted by Gasteiger charge is -2.34. The third kappa shape index (κ3) is 14.5. The van der Waals surface area contributed by atoms with Gasteiger partial charge in [-0.05, 0) is 59.8 Å². The number of ether oxygens (including phenoxy) is 2. The SMILES string of the molecule is NCc1ccc(CNC(=O)N2CCN(C(=O)OCCCCC#CC#CCCCCOC(=O)N3CCN(C(=O)NCc4ccc(CN)cc4)CC3)CC2)cc1. The monoisotopic (exact) mass is 742 g/mol. The van der Waals surface area contributed by atoms with E-state index < -0.39 is 0 Å². The zero-order chi connectivity index (χ0) is 38.4. The summed E-state index contributed by atoms with van der Waals surface area (Å²) in [7, 11) is 0. The van der Waals surface area contributed by atoms with E-state index in [1.807, 2.05) is 48.5 Å². The van der Waals surface area contributed by atoms with Crippen molar-refractivity contribution in [2.24, 2.45) is 11.5 Å². The maximum Gasteiger partial charge on any atom is 0.409 e. The summed E-state index contributed by atoms with van der Waals surface area (Å²) in [6, 6.07) is 15.3. The normalized spacial score (nSPS) is 13.9. The van der Waals surface area contributed by atoms with Gasteiger partial charge in [-0.15, -0.1) is 0 Å². The van der Waals surface area contributed by atoms with Crippen molar-refractivity contribution in [2.75, 3.05) is 65.6 Å². The number of carbonyl (C=O) groups is 4. The molecule has 6 N–H and O–H groups in total. The molecule has 14 heteroatoms. The largest absolute Gasteiger partial charge is 0.449 e. The molecule has 2 saturated heterocycles. The maximum absolute atomic E-state index is 12.5. The standard InChI is InChI=1S/C40H54N8O6/c41-29-33-11-15-35(16-12-33)31-43-37(49)45-19-23-47(24-20-45)39(51)53-27-9-7-5-3-1-2-4-6-8-10-28-54-40(52)48-25-21-46(22-26-48)38(50)44-32-36-17-13-34(30-42)14-18-36/h11-18H,5-10,19-32,41-42H2,(H,43,49)(H,44,50). The van der Waals surface area contributed by atoms with E-state index >= 15 is 0 Å². The predicted molar refractivity (Wildman–Crippen MR) is 205 cm³/mol. The van der Waals surface area contributed by atoms with Crippen LogP contribution in [0.2, 0.25) is 0 Å². The van der Waals surface area contributed by atoms with Crippen molar-refractivity contribution < 1.29 is 28.7 Å². The molecule has 0 radical (unpaired) electrons. The molecule has 0 atom stereocenters. The first-order valence-electron chi connectivity index (χ1n) is 18.8. The summed E-state index contributed by atoms with van der Waals surface area (Å²) < 4.78 is 10.8. The topological polar surface area (TPSA) is 176 Å². The molecule has 2 aromatic carbocycles. The summed E-state index contributed by atoms with van der Waals surface area (Å²) in [6.45, 7) is 6.00. The number of hydrogen-bond donors (Lipinski definition) is 4. The maximum atomic E-state index is 12.5. The van der Waals surface area contributed by atoms with Crippen molar-refractivity contribution >= 4 is 24.2 Å². The summed E-state index contributed by atoms with van der Waals surface area (Å²) in [4.78, 5) is 56.6. The van der Waals surface area contributed by atoms with Gasteiger partial charge in [0.25, 0.3) is 0 Å².